The summed E-state index contributed by atoms with van der Waals surface area (Å²) in [6.45, 7) is 12.1. The molecule has 1 unspecified atom stereocenters. The predicted molar refractivity (Wildman–Crippen MR) is 68.4 cm³/mol. The molecule has 1 atom stereocenters. The van der Waals surface area contributed by atoms with Crippen molar-refractivity contribution in [2.75, 3.05) is 0 Å². The Bertz CT molecular complexity index is 283. The van der Waals surface area contributed by atoms with Gasteiger partial charge in [0.25, 0.3) is 0 Å². The van der Waals surface area contributed by atoms with Crippen LogP contribution >= 0.6 is 0 Å². The number of aromatic nitrogens is 2. The third-order valence-corrected chi connectivity index (χ3v) is 2.36. The summed E-state index contributed by atoms with van der Waals surface area (Å²) in [5, 5.41) is 7.94. The van der Waals surface area contributed by atoms with E-state index < -0.39 is 0 Å². The zero-order valence-corrected chi connectivity index (χ0v) is 11.2. The van der Waals surface area contributed by atoms with E-state index in [1.165, 1.54) is 6.42 Å². The van der Waals surface area contributed by atoms with Crippen LogP contribution in [0, 0.1) is 5.92 Å². The predicted octanol–water partition coefficient (Wildman–Crippen LogP) is 2.69. The first-order valence-corrected chi connectivity index (χ1v) is 6.12. The smallest absolute Gasteiger partial charge is 0.0562 e. The fraction of sp³-hybridized carbons (Fsp3) is 0.769. The summed E-state index contributed by atoms with van der Waals surface area (Å²) in [7, 11) is 0. The van der Waals surface area contributed by atoms with Crippen molar-refractivity contribution >= 4 is 0 Å². The summed E-state index contributed by atoms with van der Waals surface area (Å²) in [4.78, 5) is 0. The first-order valence-electron chi connectivity index (χ1n) is 6.12. The molecule has 0 aliphatic rings. The Morgan fingerprint density at radius 2 is 2.00 bits per heavy atom. The first kappa shape index (κ1) is 13.2. The molecule has 0 radical (unpaired) electrons. The van der Waals surface area contributed by atoms with Crippen LogP contribution in [0.2, 0.25) is 0 Å². The van der Waals surface area contributed by atoms with Gasteiger partial charge in [0.05, 0.1) is 6.54 Å². The second-order valence-corrected chi connectivity index (χ2v) is 5.95. The summed E-state index contributed by atoms with van der Waals surface area (Å²) in [6, 6.07) is 2.46. The fourth-order valence-corrected chi connectivity index (χ4v) is 1.99. The third-order valence-electron chi connectivity index (χ3n) is 2.36. The topological polar surface area (TPSA) is 29.9 Å². The molecule has 0 aromatic carbocycles. The van der Waals surface area contributed by atoms with Crippen LogP contribution in [0.4, 0.5) is 0 Å². The SMILES string of the molecule is CC(C)CC(Cn1cccn1)NC(C)(C)C. The van der Waals surface area contributed by atoms with E-state index in [9.17, 15) is 0 Å². The van der Waals surface area contributed by atoms with E-state index in [2.05, 4.69) is 45.0 Å². The van der Waals surface area contributed by atoms with Crippen LogP contribution < -0.4 is 5.32 Å². The van der Waals surface area contributed by atoms with Crippen molar-refractivity contribution in [1.29, 1.82) is 0 Å². The highest BCUT2D eigenvalue weighted by molar-refractivity contribution is 4.83. The maximum absolute atomic E-state index is 4.27. The summed E-state index contributed by atoms with van der Waals surface area (Å²) in [6.07, 6.45) is 5.04. The molecule has 0 amide bonds. The van der Waals surface area contributed by atoms with Crippen LogP contribution in [0.25, 0.3) is 0 Å². The maximum Gasteiger partial charge on any atom is 0.0562 e. The Balaban J connectivity index is 2.57. The molecule has 16 heavy (non-hydrogen) atoms. The molecule has 0 saturated carbocycles. The molecule has 0 aliphatic carbocycles. The molecule has 1 rings (SSSR count). The van der Waals surface area contributed by atoms with Crippen LogP contribution in [0.3, 0.4) is 0 Å². The largest absolute Gasteiger partial charge is 0.307 e. The molecule has 0 fully saturated rings. The number of nitrogens with zero attached hydrogens (tertiary/aromatic N) is 2. The summed E-state index contributed by atoms with van der Waals surface area (Å²) >= 11 is 0. The zero-order valence-electron chi connectivity index (χ0n) is 11.2. The lowest BCUT2D eigenvalue weighted by Gasteiger charge is -2.29. The summed E-state index contributed by atoms with van der Waals surface area (Å²) in [5.41, 5.74) is 0.159. The second-order valence-electron chi connectivity index (χ2n) is 5.95. The van der Waals surface area contributed by atoms with Crippen molar-refractivity contribution in [3.63, 3.8) is 0 Å². The van der Waals surface area contributed by atoms with E-state index in [0.29, 0.717) is 12.0 Å². The first-order chi connectivity index (χ1) is 7.37. The quantitative estimate of drug-likeness (QED) is 0.831. The average Bonchev–Trinajstić information content (AvgIpc) is 2.51. The minimum atomic E-state index is 0.159. The summed E-state index contributed by atoms with van der Waals surface area (Å²) in [5.74, 6) is 0.704. The molecular formula is C13H25N3. The van der Waals surface area contributed by atoms with Crippen LogP contribution in [-0.2, 0) is 6.54 Å². The van der Waals surface area contributed by atoms with Crippen LogP contribution in [0.5, 0.6) is 0 Å². The molecule has 92 valence electrons. The van der Waals surface area contributed by atoms with E-state index in [1.807, 2.05) is 23.1 Å². The second kappa shape index (κ2) is 5.48. The van der Waals surface area contributed by atoms with Crippen molar-refractivity contribution in [3.05, 3.63) is 18.5 Å². The van der Waals surface area contributed by atoms with Crippen molar-refractivity contribution < 1.29 is 0 Å². The van der Waals surface area contributed by atoms with Gasteiger partial charge in [-0.3, -0.25) is 4.68 Å². The number of nitrogens with one attached hydrogen (secondary N) is 1. The van der Waals surface area contributed by atoms with E-state index in [-0.39, 0.29) is 5.54 Å². The minimum absolute atomic E-state index is 0.159. The summed E-state index contributed by atoms with van der Waals surface area (Å²) < 4.78 is 2.01. The van der Waals surface area contributed by atoms with E-state index in [0.717, 1.165) is 6.54 Å². The number of hydrogen-bond donors (Lipinski definition) is 1. The van der Waals surface area contributed by atoms with Crippen LogP contribution in [-0.4, -0.2) is 21.4 Å². The Labute approximate surface area is 99.2 Å². The standard InChI is InChI=1S/C13H25N3/c1-11(2)9-12(15-13(3,4)5)10-16-8-6-7-14-16/h6-8,11-12,15H,9-10H2,1-5H3. The lowest BCUT2D eigenvalue weighted by Crippen LogP contribution is -2.46. The lowest BCUT2D eigenvalue weighted by atomic mass is 10.00. The Morgan fingerprint density at radius 3 is 2.44 bits per heavy atom. The van der Waals surface area contributed by atoms with Crippen LogP contribution in [0.1, 0.15) is 41.0 Å². The number of rotatable bonds is 5. The molecule has 0 spiro atoms. The van der Waals surface area contributed by atoms with Crippen molar-refractivity contribution in [1.82, 2.24) is 15.1 Å². The van der Waals surface area contributed by atoms with Crippen molar-refractivity contribution in [2.24, 2.45) is 5.92 Å². The fourth-order valence-electron chi connectivity index (χ4n) is 1.99. The third kappa shape index (κ3) is 5.31. The normalized spacial score (nSPS) is 14.4. The van der Waals surface area contributed by atoms with Gasteiger partial charge in [-0.25, -0.2) is 0 Å². The molecule has 1 aromatic rings. The van der Waals surface area contributed by atoms with Gasteiger partial charge < -0.3 is 5.32 Å². The molecule has 0 saturated heterocycles. The van der Waals surface area contributed by atoms with E-state index in [1.54, 1.807) is 0 Å². The van der Waals surface area contributed by atoms with Gasteiger partial charge in [-0.2, -0.15) is 5.10 Å². The van der Waals surface area contributed by atoms with Crippen molar-refractivity contribution in [2.45, 2.75) is 59.2 Å². The molecule has 3 nitrogen and oxygen atoms in total. The molecule has 0 bridgehead atoms. The van der Waals surface area contributed by atoms with Gasteiger partial charge in [0.15, 0.2) is 0 Å². The van der Waals surface area contributed by atoms with Gasteiger partial charge in [0.1, 0.15) is 0 Å². The average molecular weight is 223 g/mol. The Kier molecular flexibility index (Phi) is 4.54. The highest BCUT2D eigenvalue weighted by Gasteiger charge is 2.18. The van der Waals surface area contributed by atoms with Gasteiger partial charge in [-0.15, -0.1) is 0 Å². The lowest BCUT2D eigenvalue weighted by molar-refractivity contribution is 0.290. The van der Waals surface area contributed by atoms with Crippen LogP contribution in [0.15, 0.2) is 18.5 Å². The van der Waals surface area contributed by atoms with Gasteiger partial charge >= 0.3 is 0 Å². The molecule has 3 heteroatoms. The highest BCUT2D eigenvalue weighted by Crippen LogP contribution is 2.11. The minimum Gasteiger partial charge on any atom is -0.307 e. The zero-order chi connectivity index (χ0) is 12.2. The number of hydrogen-bond acceptors (Lipinski definition) is 2. The van der Waals surface area contributed by atoms with Gasteiger partial charge in [-0.05, 0) is 39.2 Å². The van der Waals surface area contributed by atoms with Crippen molar-refractivity contribution in [3.8, 4) is 0 Å². The molecule has 1 heterocycles. The van der Waals surface area contributed by atoms with E-state index in [4.69, 9.17) is 0 Å². The molecular weight excluding hydrogens is 198 g/mol. The Hall–Kier alpha value is -0.830. The maximum atomic E-state index is 4.27. The van der Waals surface area contributed by atoms with Gasteiger partial charge in [0.2, 0.25) is 0 Å². The van der Waals surface area contributed by atoms with Gasteiger partial charge in [-0.1, -0.05) is 13.8 Å². The molecule has 1 aromatic heterocycles. The monoisotopic (exact) mass is 223 g/mol. The molecule has 1 N–H and O–H groups in total. The van der Waals surface area contributed by atoms with Gasteiger partial charge in [0, 0.05) is 24.0 Å². The Morgan fingerprint density at radius 1 is 1.31 bits per heavy atom. The highest BCUT2D eigenvalue weighted by atomic mass is 15.3. The molecule has 0 aliphatic heterocycles. The van der Waals surface area contributed by atoms with E-state index >= 15 is 0 Å².